The largest absolute Gasteiger partial charge is 0.342 e. The number of hydrogen-bond donors (Lipinski definition) is 1. The van der Waals surface area contributed by atoms with Crippen LogP contribution in [0.1, 0.15) is 47.8 Å². The highest BCUT2D eigenvalue weighted by Gasteiger charge is 2.26. The Kier molecular flexibility index (Phi) is 4.50. The summed E-state index contributed by atoms with van der Waals surface area (Å²) in [5.74, 6) is 0.600. The van der Waals surface area contributed by atoms with Gasteiger partial charge in [0.1, 0.15) is 0 Å². The van der Waals surface area contributed by atoms with Crippen molar-refractivity contribution in [3.63, 3.8) is 0 Å². The molecule has 3 heterocycles. The Morgan fingerprint density at radius 1 is 1.43 bits per heavy atom. The Morgan fingerprint density at radius 2 is 2.26 bits per heavy atom. The summed E-state index contributed by atoms with van der Waals surface area (Å²) < 4.78 is 1.81. The van der Waals surface area contributed by atoms with E-state index in [0.29, 0.717) is 12.3 Å². The fourth-order valence-corrected chi connectivity index (χ4v) is 3.39. The van der Waals surface area contributed by atoms with Crippen molar-refractivity contribution >= 4 is 5.91 Å². The van der Waals surface area contributed by atoms with Crippen molar-refractivity contribution in [1.82, 2.24) is 24.9 Å². The van der Waals surface area contributed by atoms with Crippen molar-refractivity contribution in [1.29, 1.82) is 0 Å². The molecule has 1 fully saturated rings. The Morgan fingerprint density at radius 3 is 2.91 bits per heavy atom. The van der Waals surface area contributed by atoms with Gasteiger partial charge in [-0.05, 0) is 44.7 Å². The number of aromatic amines is 1. The molecule has 0 saturated carbocycles. The third-order valence-corrected chi connectivity index (χ3v) is 4.64. The first-order chi connectivity index (χ1) is 11.0. The molecule has 2 aromatic rings. The summed E-state index contributed by atoms with van der Waals surface area (Å²) in [6, 6.07) is 2.09. The van der Waals surface area contributed by atoms with Gasteiger partial charge >= 0.3 is 0 Å². The predicted octanol–water partition coefficient (Wildman–Crippen LogP) is 2.10. The van der Waals surface area contributed by atoms with E-state index in [9.17, 15) is 4.79 Å². The van der Waals surface area contributed by atoms with Crippen LogP contribution in [0.2, 0.25) is 0 Å². The minimum atomic E-state index is 0.241. The molecule has 23 heavy (non-hydrogen) atoms. The standard InChI is InChI=1S/C17H25N5O/c1-12-9-16(19-18-12)15-5-4-8-22(11-15)17(23)7-6-14-10-21(3)20-13(14)2/h9-10,15H,4-8,11H2,1-3H3,(H,18,19). The monoisotopic (exact) mass is 315 g/mol. The fraction of sp³-hybridized carbons (Fsp3) is 0.588. The zero-order valence-corrected chi connectivity index (χ0v) is 14.2. The SMILES string of the molecule is Cc1cc(C2CCCN(C(=O)CCc3cn(C)nc3C)C2)n[nH]1. The van der Waals surface area contributed by atoms with E-state index in [1.807, 2.05) is 36.7 Å². The number of H-pyrrole nitrogens is 1. The van der Waals surface area contributed by atoms with Crippen LogP contribution in [-0.4, -0.2) is 43.9 Å². The van der Waals surface area contributed by atoms with Gasteiger partial charge in [-0.15, -0.1) is 0 Å². The summed E-state index contributed by atoms with van der Waals surface area (Å²) in [5.41, 5.74) is 4.35. The third kappa shape index (κ3) is 3.63. The average molecular weight is 315 g/mol. The van der Waals surface area contributed by atoms with E-state index in [0.717, 1.165) is 55.0 Å². The Balaban J connectivity index is 1.57. The predicted molar refractivity (Wildman–Crippen MR) is 88.1 cm³/mol. The van der Waals surface area contributed by atoms with Crippen LogP contribution in [-0.2, 0) is 18.3 Å². The summed E-state index contributed by atoms with van der Waals surface area (Å²) in [5, 5.41) is 11.7. The molecular weight excluding hydrogens is 290 g/mol. The van der Waals surface area contributed by atoms with Gasteiger partial charge in [-0.25, -0.2) is 0 Å². The number of nitrogens with one attached hydrogen (secondary N) is 1. The number of piperidine rings is 1. The highest BCUT2D eigenvalue weighted by Crippen LogP contribution is 2.26. The van der Waals surface area contributed by atoms with Crippen LogP contribution in [0.4, 0.5) is 0 Å². The van der Waals surface area contributed by atoms with E-state index < -0.39 is 0 Å². The maximum atomic E-state index is 12.5. The van der Waals surface area contributed by atoms with Crippen LogP contribution in [0.5, 0.6) is 0 Å². The van der Waals surface area contributed by atoms with Gasteiger partial charge in [0.2, 0.25) is 5.91 Å². The normalized spacial score (nSPS) is 18.4. The van der Waals surface area contributed by atoms with E-state index in [1.54, 1.807) is 0 Å². The van der Waals surface area contributed by atoms with Crippen LogP contribution in [0.15, 0.2) is 12.3 Å². The van der Waals surface area contributed by atoms with Gasteiger partial charge in [-0.2, -0.15) is 10.2 Å². The highest BCUT2D eigenvalue weighted by atomic mass is 16.2. The van der Waals surface area contributed by atoms with Crippen molar-refractivity contribution < 1.29 is 4.79 Å². The molecule has 0 aliphatic carbocycles. The van der Waals surface area contributed by atoms with E-state index in [4.69, 9.17) is 0 Å². The summed E-state index contributed by atoms with van der Waals surface area (Å²) in [7, 11) is 1.92. The molecule has 2 aromatic heterocycles. The molecule has 1 unspecified atom stereocenters. The van der Waals surface area contributed by atoms with Crippen molar-refractivity contribution in [3.8, 4) is 0 Å². The average Bonchev–Trinajstić information content (AvgIpc) is 3.10. The zero-order chi connectivity index (χ0) is 16.4. The fourth-order valence-electron chi connectivity index (χ4n) is 3.39. The van der Waals surface area contributed by atoms with Gasteiger partial charge in [0.15, 0.2) is 0 Å². The number of amides is 1. The van der Waals surface area contributed by atoms with Gasteiger partial charge < -0.3 is 4.90 Å². The van der Waals surface area contributed by atoms with Gasteiger partial charge in [0.25, 0.3) is 0 Å². The lowest BCUT2D eigenvalue weighted by Gasteiger charge is -2.32. The first kappa shape index (κ1) is 15.8. The number of carbonyl (C=O) groups excluding carboxylic acids is 1. The zero-order valence-electron chi connectivity index (χ0n) is 14.2. The van der Waals surface area contributed by atoms with Crippen LogP contribution in [0, 0.1) is 13.8 Å². The number of rotatable bonds is 4. The molecule has 0 aromatic carbocycles. The highest BCUT2D eigenvalue weighted by molar-refractivity contribution is 5.76. The van der Waals surface area contributed by atoms with Crippen molar-refractivity contribution in [3.05, 3.63) is 34.9 Å². The molecule has 124 valence electrons. The van der Waals surface area contributed by atoms with E-state index in [1.165, 1.54) is 0 Å². The first-order valence-electron chi connectivity index (χ1n) is 8.31. The molecule has 6 nitrogen and oxygen atoms in total. The summed E-state index contributed by atoms with van der Waals surface area (Å²) in [6.07, 6.45) is 5.48. The molecule has 0 spiro atoms. The Bertz CT molecular complexity index is 687. The van der Waals surface area contributed by atoms with Crippen LogP contribution >= 0.6 is 0 Å². The second kappa shape index (κ2) is 6.56. The first-order valence-corrected chi connectivity index (χ1v) is 8.31. The number of aryl methyl sites for hydroxylation is 4. The van der Waals surface area contributed by atoms with Crippen molar-refractivity contribution in [2.45, 2.75) is 45.4 Å². The van der Waals surface area contributed by atoms with Gasteiger partial charge in [-0.3, -0.25) is 14.6 Å². The molecule has 0 radical (unpaired) electrons. The second-order valence-corrected chi connectivity index (χ2v) is 6.57. The van der Waals surface area contributed by atoms with Gasteiger partial charge in [0.05, 0.1) is 11.4 Å². The molecule has 1 N–H and O–H groups in total. The van der Waals surface area contributed by atoms with Crippen LogP contribution < -0.4 is 0 Å². The smallest absolute Gasteiger partial charge is 0.222 e. The van der Waals surface area contributed by atoms with E-state index in [2.05, 4.69) is 21.4 Å². The summed E-state index contributed by atoms with van der Waals surface area (Å²) in [6.45, 7) is 5.66. The van der Waals surface area contributed by atoms with Crippen LogP contribution in [0.3, 0.4) is 0 Å². The lowest BCUT2D eigenvalue weighted by atomic mass is 9.94. The maximum Gasteiger partial charge on any atom is 0.222 e. The number of nitrogens with zero attached hydrogens (tertiary/aromatic N) is 4. The summed E-state index contributed by atoms with van der Waals surface area (Å²) >= 11 is 0. The lowest BCUT2D eigenvalue weighted by molar-refractivity contribution is -0.132. The second-order valence-electron chi connectivity index (χ2n) is 6.57. The molecule has 6 heteroatoms. The molecule has 1 saturated heterocycles. The molecule has 3 rings (SSSR count). The topological polar surface area (TPSA) is 66.8 Å². The Hall–Kier alpha value is -2.11. The number of likely N-dealkylation sites (tertiary alicyclic amines) is 1. The van der Waals surface area contributed by atoms with Crippen LogP contribution in [0.25, 0.3) is 0 Å². The number of hydrogen-bond acceptors (Lipinski definition) is 3. The Labute approximate surface area is 136 Å². The molecule has 1 atom stereocenters. The quantitative estimate of drug-likeness (QED) is 0.939. The van der Waals surface area contributed by atoms with Gasteiger partial charge in [0, 0.05) is 44.4 Å². The number of carbonyl (C=O) groups is 1. The maximum absolute atomic E-state index is 12.5. The van der Waals surface area contributed by atoms with Gasteiger partial charge in [-0.1, -0.05) is 0 Å². The lowest BCUT2D eigenvalue weighted by Crippen LogP contribution is -2.39. The van der Waals surface area contributed by atoms with Crippen molar-refractivity contribution in [2.24, 2.45) is 7.05 Å². The van der Waals surface area contributed by atoms with Crippen molar-refractivity contribution in [2.75, 3.05) is 13.1 Å². The molecule has 1 aliphatic heterocycles. The molecule has 1 aliphatic rings. The molecule has 0 bridgehead atoms. The minimum Gasteiger partial charge on any atom is -0.342 e. The number of aromatic nitrogens is 4. The third-order valence-electron chi connectivity index (χ3n) is 4.64. The minimum absolute atomic E-state index is 0.241. The van der Waals surface area contributed by atoms with E-state index >= 15 is 0 Å². The molecule has 1 amide bonds. The van der Waals surface area contributed by atoms with E-state index in [-0.39, 0.29) is 5.91 Å². The summed E-state index contributed by atoms with van der Waals surface area (Å²) in [4.78, 5) is 14.5. The molecular formula is C17H25N5O.